The summed E-state index contributed by atoms with van der Waals surface area (Å²) in [6, 6.07) is 8.96. The zero-order chi connectivity index (χ0) is 15.6. The molecular weight excluding hydrogens is 265 g/mol. The summed E-state index contributed by atoms with van der Waals surface area (Å²) in [5.74, 6) is 0.658. The lowest BCUT2D eigenvalue weighted by molar-refractivity contribution is 0.429. The maximum absolute atomic E-state index is 14.2. The molecule has 2 N–H and O–H groups in total. The third-order valence-electron chi connectivity index (χ3n) is 3.67. The Morgan fingerprint density at radius 3 is 2.38 bits per heavy atom. The lowest BCUT2D eigenvalue weighted by Crippen LogP contribution is -2.18. The molecule has 2 aromatic rings. The zero-order valence-electron chi connectivity index (χ0n) is 13.0. The highest BCUT2D eigenvalue weighted by Gasteiger charge is 2.15. The number of benzene rings is 2. The van der Waals surface area contributed by atoms with Crippen LogP contribution in [0.4, 0.5) is 4.39 Å². The van der Waals surface area contributed by atoms with Gasteiger partial charge in [0, 0.05) is 6.04 Å². The summed E-state index contributed by atoms with van der Waals surface area (Å²) in [6.45, 7) is 7.88. The van der Waals surface area contributed by atoms with Crippen molar-refractivity contribution in [3.05, 3.63) is 58.4 Å². The van der Waals surface area contributed by atoms with Crippen molar-refractivity contribution in [3.8, 4) is 11.5 Å². The molecule has 0 saturated carbocycles. The van der Waals surface area contributed by atoms with Crippen LogP contribution in [0.15, 0.2) is 30.3 Å². The van der Waals surface area contributed by atoms with Crippen LogP contribution in [0.1, 0.15) is 29.2 Å². The van der Waals surface area contributed by atoms with Gasteiger partial charge in [-0.3, -0.25) is 0 Å². The predicted molar refractivity (Wildman–Crippen MR) is 84.5 cm³/mol. The average Bonchev–Trinajstić information content (AvgIpc) is 2.41. The Balaban J connectivity index is 2.47. The van der Waals surface area contributed by atoms with Crippen LogP contribution in [0.5, 0.6) is 11.5 Å². The van der Waals surface area contributed by atoms with Crippen molar-refractivity contribution in [1.29, 1.82) is 0 Å². The second kappa shape index (κ2) is 6.27. The highest BCUT2D eigenvalue weighted by atomic mass is 19.1. The van der Waals surface area contributed by atoms with Crippen molar-refractivity contribution >= 4 is 0 Å². The van der Waals surface area contributed by atoms with Gasteiger partial charge < -0.3 is 10.5 Å². The molecule has 2 aromatic carbocycles. The van der Waals surface area contributed by atoms with Gasteiger partial charge in [-0.15, -0.1) is 0 Å². The Morgan fingerprint density at radius 1 is 1.05 bits per heavy atom. The molecule has 0 fully saturated rings. The maximum atomic E-state index is 14.2. The smallest absolute Gasteiger partial charge is 0.166 e. The van der Waals surface area contributed by atoms with Crippen LogP contribution in [-0.2, 0) is 6.42 Å². The number of hydrogen-bond acceptors (Lipinski definition) is 2. The van der Waals surface area contributed by atoms with Crippen LogP contribution < -0.4 is 10.5 Å². The first kappa shape index (κ1) is 15.5. The van der Waals surface area contributed by atoms with Crippen LogP contribution >= 0.6 is 0 Å². The van der Waals surface area contributed by atoms with Crippen molar-refractivity contribution in [2.45, 2.75) is 40.2 Å². The molecule has 0 saturated heterocycles. The average molecular weight is 287 g/mol. The number of para-hydroxylation sites is 1. The van der Waals surface area contributed by atoms with Gasteiger partial charge in [0.15, 0.2) is 11.6 Å². The Bertz CT molecular complexity index is 650. The summed E-state index contributed by atoms with van der Waals surface area (Å²) in [4.78, 5) is 0. The van der Waals surface area contributed by atoms with E-state index in [1.165, 1.54) is 6.07 Å². The summed E-state index contributed by atoms with van der Waals surface area (Å²) in [6.07, 6.45) is 0.580. The fourth-order valence-corrected chi connectivity index (χ4v) is 2.36. The van der Waals surface area contributed by atoms with Crippen LogP contribution in [-0.4, -0.2) is 6.04 Å². The van der Waals surface area contributed by atoms with Gasteiger partial charge in [0.1, 0.15) is 5.75 Å². The van der Waals surface area contributed by atoms with Crippen molar-refractivity contribution in [1.82, 2.24) is 0 Å². The molecule has 0 aliphatic carbocycles. The van der Waals surface area contributed by atoms with E-state index in [0.29, 0.717) is 6.42 Å². The van der Waals surface area contributed by atoms with E-state index in [-0.39, 0.29) is 17.6 Å². The van der Waals surface area contributed by atoms with E-state index >= 15 is 0 Å². The van der Waals surface area contributed by atoms with Gasteiger partial charge in [0.25, 0.3) is 0 Å². The van der Waals surface area contributed by atoms with Crippen molar-refractivity contribution in [2.24, 2.45) is 5.73 Å². The Hall–Kier alpha value is -1.87. The number of ether oxygens (including phenoxy) is 1. The molecule has 0 aromatic heterocycles. The quantitative estimate of drug-likeness (QED) is 0.902. The van der Waals surface area contributed by atoms with E-state index in [1.54, 1.807) is 6.07 Å². The molecule has 3 heteroatoms. The third-order valence-corrected chi connectivity index (χ3v) is 3.67. The Morgan fingerprint density at radius 2 is 1.71 bits per heavy atom. The lowest BCUT2D eigenvalue weighted by Gasteiger charge is -2.17. The second-order valence-corrected chi connectivity index (χ2v) is 5.67. The molecule has 0 radical (unpaired) electrons. The summed E-state index contributed by atoms with van der Waals surface area (Å²) >= 11 is 0. The third kappa shape index (κ3) is 3.42. The minimum atomic E-state index is -0.353. The number of hydrogen-bond donors (Lipinski definition) is 1. The minimum Gasteiger partial charge on any atom is -0.453 e. The first-order valence-corrected chi connectivity index (χ1v) is 7.17. The van der Waals surface area contributed by atoms with E-state index in [1.807, 2.05) is 45.9 Å². The number of nitrogens with two attached hydrogens (primary N) is 1. The SMILES string of the molecule is Cc1ccc(C)c(Oc2c(F)cccc2CC(C)N)c1C. The number of rotatable bonds is 4. The molecule has 2 nitrogen and oxygen atoms in total. The largest absolute Gasteiger partial charge is 0.453 e. The van der Waals surface area contributed by atoms with E-state index in [2.05, 4.69) is 0 Å². The van der Waals surface area contributed by atoms with Crippen molar-refractivity contribution in [3.63, 3.8) is 0 Å². The summed E-state index contributed by atoms with van der Waals surface area (Å²) in [7, 11) is 0. The molecule has 2 rings (SSSR count). The second-order valence-electron chi connectivity index (χ2n) is 5.67. The van der Waals surface area contributed by atoms with E-state index < -0.39 is 0 Å². The molecule has 0 amide bonds. The highest BCUT2D eigenvalue weighted by Crippen LogP contribution is 2.34. The fraction of sp³-hybridized carbons (Fsp3) is 0.333. The molecule has 0 heterocycles. The van der Waals surface area contributed by atoms with Crippen molar-refractivity contribution < 1.29 is 9.13 Å². The first-order valence-electron chi connectivity index (χ1n) is 7.17. The lowest BCUT2D eigenvalue weighted by atomic mass is 10.0. The number of aryl methyl sites for hydroxylation is 2. The van der Waals surface area contributed by atoms with Crippen LogP contribution in [0.2, 0.25) is 0 Å². The van der Waals surface area contributed by atoms with E-state index in [9.17, 15) is 4.39 Å². The Labute approximate surface area is 125 Å². The molecule has 0 aliphatic heterocycles. The zero-order valence-corrected chi connectivity index (χ0v) is 13.0. The van der Waals surface area contributed by atoms with Gasteiger partial charge in [-0.2, -0.15) is 0 Å². The molecule has 0 spiro atoms. The summed E-state index contributed by atoms with van der Waals surface area (Å²) < 4.78 is 20.1. The number of halogens is 1. The standard InChI is InChI=1S/C18H22FNO/c1-11-8-9-12(2)17(14(11)4)21-18-15(10-13(3)20)6-5-7-16(18)19/h5-9,13H,10,20H2,1-4H3. The van der Waals surface area contributed by atoms with E-state index in [0.717, 1.165) is 28.0 Å². The van der Waals surface area contributed by atoms with Gasteiger partial charge in [-0.25, -0.2) is 4.39 Å². The van der Waals surface area contributed by atoms with Gasteiger partial charge in [-0.1, -0.05) is 24.3 Å². The molecule has 0 bridgehead atoms. The molecule has 0 aliphatic rings. The topological polar surface area (TPSA) is 35.2 Å². The van der Waals surface area contributed by atoms with Crippen LogP contribution in [0, 0.1) is 26.6 Å². The molecule has 1 unspecified atom stereocenters. The normalized spacial score (nSPS) is 12.3. The summed E-state index contributed by atoms with van der Waals surface area (Å²) in [5, 5.41) is 0. The fourth-order valence-electron chi connectivity index (χ4n) is 2.36. The van der Waals surface area contributed by atoms with Crippen LogP contribution in [0.3, 0.4) is 0 Å². The summed E-state index contributed by atoms with van der Waals surface area (Å²) in [5.41, 5.74) is 9.79. The molecular formula is C18H22FNO. The minimum absolute atomic E-state index is 0.0474. The highest BCUT2D eigenvalue weighted by molar-refractivity contribution is 5.48. The Kier molecular flexibility index (Phi) is 4.63. The predicted octanol–water partition coefficient (Wildman–Crippen LogP) is 4.43. The van der Waals surface area contributed by atoms with Gasteiger partial charge in [0.05, 0.1) is 0 Å². The van der Waals surface area contributed by atoms with Gasteiger partial charge >= 0.3 is 0 Å². The molecule has 21 heavy (non-hydrogen) atoms. The van der Waals surface area contributed by atoms with Crippen molar-refractivity contribution in [2.75, 3.05) is 0 Å². The van der Waals surface area contributed by atoms with E-state index in [4.69, 9.17) is 10.5 Å². The van der Waals surface area contributed by atoms with Gasteiger partial charge in [0.2, 0.25) is 0 Å². The van der Waals surface area contributed by atoms with Crippen LogP contribution in [0.25, 0.3) is 0 Å². The molecule has 1 atom stereocenters. The maximum Gasteiger partial charge on any atom is 0.166 e. The first-order chi connectivity index (χ1) is 9.90. The van der Waals surface area contributed by atoms with Gasteiger partial charge in [-0.05, 0) is 62.4 Å². The monoisotopic (exact) mass is 287 g/mol. The molecule has 112 valence electrons.